The molecule has 29 heavy (non-hydrogen) atoms. The van der Waals surface area contributed by atoms with Crippen molar-refractivity contribution in [2.45, 2.75) is 45.7 Å². The van der Waals surface area contributed by atoms with Crippen LogP contribution >= 0.6 is 0 Å². The lowest BCUT2D eigenvalue weighted by Gasteiger charge is -2.34. The van der Waals surface area contributed by atoms with Crippen LogP contribution in [0, 0.1) is 20.8 Å². The maximum absolute atomic E-state index is 7.05. The van der Waals surface area contributed by atoms with E-state index in [0.29, 0.717) is 12.8 Å². The molecule has 0 fully saturated rings. The van der Waals surface area contributed by atoms with Gasteiger partial charge in [0, 0.05) is 61.4 Å². The van der Waals surface area contributed by atoms with E-state index in [9.17, 15) is 0 Å². The highest BCUT2D eigenvalue weighted by Crippen LogP contribution is 2.21. The van der Waals surface area contributed by atoms with Crippen LogP contribution in [0.5, 0.6) is 0 Å². The Bertz CT molecular complexity index is 906. The summed E-state index contributed by atoms with van der Waals surface area (Å²) in [5.41, 5.74) is 13.3. The van der Waals surface area contributed by atoms with Crippen LogP contribution in [0.2, 0.25) is 0 Å². The number of aromatic nitrogens is 3. The van der Waals surface area contributed by atoms with Crippen LogP contribution < -0.4 is 5.73 Å². The first-order chi connectivity index (χ1) is 13.9. The van der Waals surface area contributed by atoms with Gasteiger partial charge in [-0.15, -0.1) is 0 Å². The monoisotopic (exact) mass is 389 g/mol. The Morgan fingerprint density at radius 3 is 1.59 bits per heavy atom. The van der Waals surface area contributed by atoms with Gasteiger partial charge in [0.15, 0.2) is 0 Å². The maximum Gasteiger partial charge on any atom is 0.0572 e. The van der Waals surface area contributed by atoms with Crippen LogP contribution in [-0.2, 0) is 19.4 Å². The van der Waals surface area contributed by atoms with Crippen LogP contribution in [0.25, 0.3) is 0 Å². The smallest absolute Gasteiger partial charge is 0.0572 e. The SMILES string of the molecule is Cc1cccnc1CN(C)CC(N)(Cc1ncccc1C)Cc1ncccc1C. The average molecular weight is 390 g/mol. The molecule has 5 heteroatoms. The zero-order chi connectivity index (χ0) is 20.9. The molecule has 0 aromatic carbocycles. The first-order valence-corrected chi connectivity index (χ1v) is 10.1. The predicted molar refractivity (Wildman–Crippen MR) is 118 cm³/mol. The molecule has 0 spiro atoms. The third-order valence-corrected chi connectivity index (χ3v) is 5.40. The van der Waals surface area contributed by atoms with E-state index in [1.807, 2.05) is 36.8 Å². The molecule has 3 aromatic heterocycles. The lowest BCUT2D eigenvalue weighted by atomic mass is 9.86. The van der Waals surface area contributed by atoms with Crippen molar-refractivity contribution < 1.29 is 0 Å². The fraction of sp³-hybridized carbons (Fsp3) is 0.375. The van der Waals surface area contributed by atoms with Crippen LogP contribution in [0.15, 0.2) is 55.0 Å². The van der Waals surface area contributed by atoms with Crippen molar-refractivity contribution >= 4 is 0 Å². The molecule has 3 rings (SSSR count). The zero-order valence-corrected chi connectivity index (χ0v) is 17.9. The molecule has 0 atom stereocenters. The van der Waals surface area contributed by atoms with Crippen LogP contribution in [0.1, 0.15) is 33.8 Å². The van der Waals surface area contributed by atoms with E-state index < -0.39 is 5.54 Å². The number of nitrogens with two attached hydrogens (primary N) is 1. The molecule has 0 aliphatic carbocycles. The highest BCUT2D eigenvalue weighted by Gasteiger charge is 2.30. The van der Waals surface area contributed by atoms with Gasteiger partial charge in [-0.25, -0.2) is 0 Å². The first kappa shape index (κ1) is 21.1. The van der Waals surface area contributed by atoms with Crippen molar-refractivity contribution in [1.29, 1.82) is 0 Å². The van der Waals surface area contributed by atoms with Crippen molar-refractivity contribution in [2.24, 2.45) is 5.73 Å². The third kappa shape index (κ3) is 5.68. The van der Waals surface area contributed by atoms with Gasteiger partial charge in [-0.2, -0.15) is 0 Å². The summed E-state index contributed by atoms with van der Waals surface area (Å²) in [6, 6.07) is 12.2. The summed E-state index contributed by atoms with van der Waals surface area (Å²) in [6.45, 7) is 7.76. The van der Waals surface area contributed by atoms with Crippen LogP contribution in [-0.4, -0.2) is 39.0 Å². The predicted octanol–water partition coefficient (Wildman–Crippen LogP) is 3.41. The van der Waals surface area contributed by atoms with Crippen molar-refractivity contribution in [2.75, 3.05) is 13.6 Å². The van der Waals surface area contributed by atoms with Crippen molar-refractivity contribution in [1.82, 2.24) is 19.9 Å². The number of pyridine rings is 3. The molecule has 0 saturated carbocycles. The van der Waals surface area contributed by atoms with E-state index in [-0.39, 0.29) is 0 Å². The number of nitrogens with zero attached hydrogens (tertiary/aromatic N) is 4. The van der Waals surface area contributed by atoms with Gasteiger partial charge < -0.3 is 5.73 Å². The number of aryl methyl sites for hydroxylation is 3. The molecule has 0 aliphatic rings. The Balaban J connectivity index is 1.84. The van der Waals surface area contributed by atoms with Gasteiger partial charge in [0.05, 0.1) is 5.69 Å². The molecule has 3 heterocycles. The van der Waals surface area contributed by atoms with Crippen LogP contribution in [0.4, 0.5) is 0 Å². The summed E-state index contributed by atoms with van der Waals surface area (Å²) in [5.74, 6) is 0. The molecule has 0 amide bonds. The van der Waals surface area contributed by atoms with Crippen molar-refractivity contribution in [3.63, 3.8) is 0 Å². The Labute approximate surface area is 174 Å². The highest BCUT2D eigenvalue weighted by molar-refractivity contribution is 5.25. The minimum absolute atomic E-state index is 0.490. The van der Waals surface area contributed by atoms with E-state index in [1.165, 1.54) is 16.7 Å². The molecular formula is C24H31N5. The fourth-order valence-electron chi connectivity index (χ4n) is 3.78. The molecule has 0 saturated heterocycles. The highest BCUT2D eigenvalue weighted by atomic mass is 15.1. The number of hydrogen-bond donors (Lipinski definition) is 1. The second-order valence-corrected chi connectivity index (χ2v) is 8.19. The first-order valence-electron chi connectivity index (χ1n) is 10.1. The van der Waals surface area contributed by atoms with Gasteiger partial charge in [-0.3, -0.25) is 19.9 Å². The minimum atomic E-state index is -0.490. The molecule has 0 aliphatic heterocycles. The van der Waals surface area contributed by atoms with Gasteiger partial charge in [-0.1, -0.05) is 18.2 Å². The maximum atomic E-state index is 7.05. The Morgan fingerprint density at radius 2 is 1.17 bits per heavy atom. The summed E-state index contributed by atoms with van der Waals surface area (Å²) in [7, 11) is 2.10. The van der Waals surface area contributed by atoms with Crippen molar-refractivity contribution in [3.05, 3.63) is 88.8 Å². The molecule has 0 radical (unpaired) electrons. The molecule has 3 aromatic rings. The van der Waals surface area contributed by atoms with Gasteiger partial charge in [0.1, 0.15) is 0 Å². The molecular weight excluding hydrogens is 358 g/mol. The summed E-state index contributed by atoms with van der Waals surface area (Å²) in [5, 5.41) is 0. The quantitative estimate of drug-likeness (QED) is 0.639. The molecule has 152 valence electrons. The molecule has 2 N–H and O–H groups in total. The lowest BCUT2D eigenvalue weighted by Crippen LogP contribution is -2.53. The Hall–Kier alpha value is -2.63. The van der Waals surface area contributed by atoms with Gasteiger partial charge >= 0.3 is 0 Å². The lowest BCUT2D eigenvalue weighted by molar-refractivity contribution is 0.230. The summed E-state index contributed by atoms with van der Waals surface area (Å²) >= 11 is 0. The van der Waals surface area contributed by atoms with Gasteiger partial charge in [-0.05, 0) is 62.7 Å². The van der Waals surface area contributed by atoms with E-state index in [2.05, 4.69) is 65.9 Å². The molecule has 5 nitrogen and oxygen atoms in total. The fourth-order valence-corrected chi connectivity index (χ4v) is 3.78. The van der Waals surface area contributed by atoms with E-state index in [0.717, 1.165) is 30.2 Å². The average Bonchev–Trinajstić information content (AvgIpc) is 2.67. The van der Waals surface area contributed by atoms with Gasteiger partial charge in [0.25, 0.3) is 0 Å². The second-order valence-electron chi connectivity index (χ2n) is 8.19. The molecule has 0 bridgehead atoms. The topological polar surface area (TPSA) is 67.9 Å². The normalized spacial score (nSPS) is 11.8. The van der Waals surface area contributed by atoms with E-state index in [1.54, 1.807) is 0 Å². The van der Waals surface area contributed by atoms with E-state index >= 15 is 0 Å². The Morgan fingerprint density at radius 1 is 0.759 bits per heavy atom. The third-order valence-electron chi connectivity index (χ3n) is 5.40. The summed E-state index contributed by atoms with van der Waals surface area (Å²) in [4.78, 5) is 16.0. The van der Waals surface area contributed by atoms with E-state index in [4.69, 9.17) is 5.73 Å². The number of rotatable bonds is 8. The summed E-state index contributed by atoms with van der Waals surface area (Å²) in [6.07, 6.45) is 6.92. The number of likely N-dealkylation sites (N-methyl/N-ethyl adjacent to an activating group) is 1. The minimum Gasteiger partial charge on any atom is -0.323 e. The van der Waals surface area contributed by atoms with Crippen LogP contribution in [0.3, 0.4) is 0 Å². The second kappa shape index (κ2) is 9.25. The number of hydrogen-bond acceptors (Lipinski definition) is 5. The van der Waals surface area contributed by atoms with Crippen molar-refractivity contribution in [3.8, 4) is 0 Å². The van der Waals surface area contributed by atoms with Gasteiger partial charge in [0.2, 0.25) is 0 Å². The molecule has 0 unspecified atom stereocenters. The zero-order valence-electron chi connectivity index (χ0n) is 17.9. The standard InChI is InChI=1S/C24H31N5/c1-18-8-5-11-26-21(18)14-24(25,15-22-19(2)9-6-12-27-22)17-29(4)16-23-20(3)10-7-13-28-23/h5-13H,14-17,25H2,1-4H3. The Kier molecular flexibility index (Phi) is 6.72. The summed E-state index contributed by atoms with van der Waals surface area (Å²) < 4.78 is 0. The largest absolute Gasteiger partial charge is 0.323 e.